The van der Waals surface area contributed by atoms with Gasteiger partial charge in [-0.15, -0.1) is 0 Å². The van der Waals surface area contributed by atoms with E-state index in [4.69, 9.17) is 5.26 Å². The lowest BCUT2D eigenvalue weighted by molar-refractivity contribution is -0.118. The van der Waals surface area contributed by atoms with Gasteiger partial charge in [-0.05, 0) is 6.54 Å². The van der Waals surface area contributed by atoms with Gasteiger partial charge in [0.05, 0.1) is 12.6 Å². The number of ketones is 1. The van der Waals surface area contributed by atoms with E-state index >= 15 is 0 Å². The second kappa shape index (κ2) is 2.80. The van der Waals surface area contributed by atoms with E-state index in [2.05, 4.69) is 0 Å². The predicted octanol–water partition coefficient (Wildman–Crippen LogP) is 0.0308. The summed E-state index contributed by atoms with van der Waals surface area (Å²) in [5.74, 6) is -0.288. The summed E-state index contributed by atoms with van der Waals surface area (Å²) >= 11 is 0. The maximum Gasteiger partial charge on any atom is 0.165 e. The number of Topliss-reactive ketones (excluding diaryl/α,β-unsaturated/α-hetero) is 1. The van der Waals surface area contributed by atoms with E-state index in [9.17, 15) is 4.79 Å². The molecule has 10 heavy (non-hydrogen) atoms. The first-order chi connectivity index (χ1) is 4.77. The van der Waals surface area contributed by atoms with Gasteiger partial charge in [0, 0.05) is 6.54 Å². The molecule has 0 N–H and O–H groups in total. The average Bonchev–Trinajstić information content (AvgIpc) is 2.30. The maximum absolute atomic E-state index is 10.9. The quantitative estimate of drug-likeness (QED) is 0.513. The van der Waals surface area contributed by atoms with Crippen molar-refractivity contribution >= 4 is 5.78 Å². The van der Waals surface area contributed by atoms with Gasteiger partial charge in [-0.1, -0.05) is 6.92 Å². The van der Waals surface area contributed by atoms with Crippen LogP contribution in [0, 0.1) is 17.2 Å². The van der Waals surface area contributed by atoms with Crippen molar-refractivity contribution in [2.75, 3.05) is 19.6 Å². The van der Waals surface area contributed by atoms with Crippen molar-refractivity contribution < 1.29 is 4.79 Å². The molecule has 0 aromatic heterocycles. The van der Waals surface area contributed by atoms with E-state index in [0.717, 1.165) is 6.54 Å². The van der Waals surface area contributed by atoms with Crippen LogP contribution in [-0.4, -0.2) is 30.3 Å². The highest BCUT2D eigenvalue weighted by Gasteiger charge is 2.29. The Bertz CT molecular complexity index is 183. The normalized spacial score (nSPS) is 26.8. The Balaban J connectivity index is 2.54. The van der Waals surface area contributed by atoms with Crippen molar-refractivity contribution in [3.8, 4) is 6.07 Å². The third-order valence-corrected chi connectivity index (χ3v) is 1.81. The van der Waals surface area contributed by atoms with Crippen LogP contribution in [0.2, 0.25) is 0 Å². The summed E-state index contributed by atoms with van der Waals surface area (Å²) in [6.45, 7) is 3.96. The fourth-order valence-corrected chi connectivity index (χ4v) is 1.11. The molecule has 3 heteroatoms. The van der Waals surface area contributed by atoms with Crippen molar-refractivity contribution in [3.05, 3.63) is 0 Å². The van der Waals surface area contributed by atoms with Gasteiger partial charge in [0.25, 0.3) is 0 Å². The highest BCUT2D eigenvalue weighted by Crippen LogP contribution is 2.10. The van der Waals surface area contributed by atoms with Crippen molar-refractivity contribution in [1.29, 1.82) is 5.26 Å². The van der Waals surface area contributed by atoms with Crippen molar-refractivity contribution in [3.63, 3.8) is 0 Å². The maximum atomic E-state index is 10.9. The van der Waals surface area contributed by atoms with Gasteiger partial charge in [0.1, 0.15) is 5.92 Å². The number of carbonyl (C=O) groups excluding carboxylic acids is 1. The Hall–Kier alpha value is -0.880. The fraction of sp³-hybridized carbons (Fsp3) is 0.714. The highest BCUT2D eigenvalue weighted by atomic mass is 16.1. The summed E-state index contributed by atoms with van der Waals surface area (Å²) in [4.78, 5) is 12.9. The molecule has 1 rings (SSSR count). The van der Waals surface area contributed by atoms with E-state index in [1.165, 1.54) is 0 Å². The summed E-state index contributed by atoms with van der Waals surface area (Å²) in [5.41, 5.74) is 0. The summed E-state index contributed by atoms with van der Waals surface area (Å²) in [7, 11) is 0. The molecule has 1 saturated heterocycles. The third kappa shape index (κ3) is 1.17. The Morgan fingerprint density at radius 3 is 2.90 bits per heavy atom. The Morgan fingerprint density at radius 1 is 1.90 bits per heavy atom. The van der Waals surface area contributed by atoms with Crippen LogP contribution >= 0.6 is 0 Å². The van der Waals surface area contributed by atoms with Gasteiger partial charge in [0.2, 0.25) is 0 Å². The van der Waals surface area contributed by atoms with Crippen molar-refractivity contribution in [1.82, 2.24) is 4.90 Å². The molecule has 0 bridgehead atoms. The van der Waals surface area contributed by atoms with Crippen LogP contribution in [0.5, 0.6) is 0 Å². The number of hydrogen-bond acceptors (Lipinski definition) is 3. The molecule has 0 amide bonds. The van der Waals surface area contributed by atoms with Crippen LogP contribution in [0.25, 0.3) is 0 Å². The van der Waals surface area contributed by atoms with E-state index < -0.39 is 0 Å². The van der Waals surface area contributed by atoms with E-state index in [0.29, 0.717) is 13.1 Å². The molecule has 0 unspecified atom stereocenters. The van der Waals surface area contributed by atoms with E-state index in [-0.39, 0.29) is 11.7 Å². The molecule has 0 radical (unpaired) electrons. The summed E-state index contributed by atoms with van der Waals surface area (Å²) < 4.78 is 0. The predicted molar refractivity (Wildman–Crippen MR) is 36.2 cm³/mol. The largest absolute Gasteiger partial charge is 0.297 e. The summed E-state index contributed by atoms with van der Waals surface area (Å²) in [5, 5.41) is 8.45. The van der Waals surface area contributed by atoms with Gasteiger partial charge >= 0.3 is 0 Å². The number of nitriles is 1. The first kappa shape index (κ1) is 7.23. The number of rotatable bonds is 1. The lowest BCUT2D eigenvalue weighted by Crippen LogP contribution is -2.19. The molecule has 54 valence electrons. The van der Waals surface area contributed by atoms with Crippen LogP contribution in [0.4, 0.5) is 0 Å². The second-order valence-corrected chi connectivity index (χ2v) is 2.48. The SMILES string of the molecule is CCN1CC(=O)[C@H](C#N)C1. The molecule has 1 fully saturated rings. The highest BCUT2D eigenvalue weighted by molar-refractivity contribution is 5.87. The molecular weight excluding hydrogens is 128 g/mol. The molecule has 1 aliphatic heterocycles. The zero-order valence-electron chi connectivity index (χ0n) is 6.00. The zero-order chi connectivity index (χ0) is 7.56. The molecule has 1 heterocycles. The lowest BCUT2D eigenvalue weighted by atomic mass is 10.1. The minimum Gasteiger partial charge on any atom is -0.297 e. The van der Waals surface area contributed by atoms with Gasteiger partial charge in [-0.2, -0.15) is 5.26 Å². The van der Waals surface area contributed by atoms with Gasteiger partial charge < -0.3 is 0 Å². The topological polar surface area (TPSA) is 44.1 Å². The number of nitrogens with zero attached hydrogens (tertiary/aromatic N) is 2. The second-order valence-electron chi connectivity index (χ2n) is 2.48. The Morgan fingerprint density at radius 2 is 2.60 bits per heavy atom. The van der Waals surface area contributed by atoms with Gasteiger partial charge in [0.15, 0.2) is 5.78 Å². The molecule has 0 aromatic rings. The molecule has 3 nitrogen and oxygen atoms in total. The van der Waals surface area contributed by atoms with Crippen LogP contribution in [0.3, 0.4) is 0 Å². The smallest absolute Gasteiger partial charge is 0.165 e. The minimum absolute atomic E-state index is 0.0735. The molecule has 0 saturated carbocycles. The van der Waals surface area contributed by atoms with E-state index in [1.807, 2.05) is 17.9 Å². The third-order valence-electron chi connectivity index (χ3n) is 1.81. The minimum atomic E-state index is -0.361. The molecule has 1 aliphatic rings. The Kier molecular flexibility index (Phi) is 2.03. The molecule has 1 atom stereocenters. The molecule has 0 aromatic carbocycles. The fourth-order valence-electron chi connectivity index (χ4n) is 1.11. The van der Waals surface area contributed by atoms with Crippen LogP contribution in [0.15, 0.2) is 0 Å². The summed E-state index contributed by atoms with van der Waals surface area (Å²) in [6.07, 6.45) is 0. The van der Waals surface area contributed by atoms with Crippen molar-refractivity contribution in [2.45, 2.75) is 6.92 Å². The zero-order valence-corrected chi connectivity index (χ0v) is 6.00. The Labute approximate surface area is 60.2 Å². The number of likely N-dealkylation sites (N-methyl/N-ethyl adjacent to an activating group) is 1. The van der Waals surface area contributed by atoms with Crippen LogP contribution in [0.1, 0.15) is 6.92 Å². The average molecular weight is 138 g/mol. The first-order valence-electron chi connectivity index (χ1n) is 3.42. The van der Waals surface area contributed by atoms with Gasteiger partial charge in [-0.25, -0.2) is 0 Å². The van der Waals surface area contributed by atoms with Crippen molar-refractivity contribution in [2.24, 2.45) is 5.92 Å². The lowest BCUT2D eigenvalue weighted by Gasteiger charge is -2.07. The van der Waals surface area contributed by atoms with Gasteiger partial charge in [-0.3, -0.25) is 9.69 Å². The summed E-state index contributed by atoms with van der Waals surface area (Å²) in [6, 6.07) is 1.99. The number of carbonyl (C=O) groups is 1. The van der Waals surface area contributed by atoms with Crippen LogP contribution < -0.4 is 0 Å². The first-order valence-corrected chi connectivity index (χ1v) is 3.42. The molecular formula is C7H10N2O. The molecule has 0 aliphatic carbocycles. The number of likely N-dealkylation sites (tertiary alicyclic amines) is 1. The molecule has 0 spiro atoms. The standard InChI is InChI=1S/C7H10N2O/c1-2-9-4-6(3-8)7(10)5-9/h6H,2,4-5H2,1H3/t6-/m1/s1. The number of hydrogen-bond donors (Lipinski definition) is 0. The van der Waals surface area contributed by atoms with E-state index in [1.54, 1.807) is 0 Å². The van der Waals surface area contributed by atoms with Crippen LogP contribution in [-0.2, 0) is 4.79 Å². The monoisotopic (exact) mass is 138 g/mol.